The number of hydrogen-bond acceptors (Lipinski definition) is 4. The van der Waals surface area contributed by atoms with Crippen molar-refractivity contribution >= 4 is 12.2 Å². The molecule has 1 N–H and O–H groups in total. The van der Waals surface area contributed by atoms with Crippen LogP contribution in [-0.4, -0.2) is 32.5 Å². The zero-order valence-electron chi connectivity index (χ0n) is 10.6. The molecule has 1 rings (SSSR count). The third-order valence-electron chi connectivity index (χ3n) is 2.28. The lowest BCUT2D eigenvalue weighted by molar-refractivity contribution is -0.123. The van der Waals surface area contributed by atoms with Crippen molar-refractivity contribution in [2.45, 2.75) is 13.3 Å². The summed E-state index contributed by atoms with van der Waals surface area (Å²) in [6.07, 6.45) is 1.53. The van der Waals surface area contributed by atoms with E-state index in [1.807, 2.05) is 6.92 Å². The van der Waals surface area contributed by atoms with Gasteiger partial charge in [-0.15, -0.1) is 0 Å². The van der Waals surface area contributed by atoms with Gasteiger partial charge in [-0.2, -0.15) is 0 Å². The van der Waals surface area contributed by atoms with Crippen LogP contribution in [0.25, 0.3) is 0 Å². The van der Waals surface area contributed by atoms with Gasteiger partial charge in [-0.3, -0.25) is 9.59 Å². The molecule has 0 aromatic heterocycles. The first kappa shape index (κ1) is 14.0. The van der Waals surface area contributed by atoms with E-state index in [2.05, 4.69) is 5.32 Å². The number of ether oxygens (including phenoxy) is 2. The Kier molecular flexibility index (Phi) is 5.70. The molecule has 18 heavy (non-hydrogen) atoms. The number of carbonyl (C=O) groups excluding carboxylic acids is 2. The normalized spacial score (nSPS) is 9.67. The maximum Gasteiger partial charge on any atom is 0.257 e. The first-order valence-electron chi connectivity index (χ1n) is 5.74. The molecule has 0 heterocycles. The summed E-state index contributed by atoms with van der Waals surface area (Å²) in [5.74, 6) is 0.504. The second kappa shape index (κ2) is 7.32. The molecule has 0 spiro atoms. The highest BCUT2D eigenvalue weighted by Crippen LogP contribution is 2.29. The molecular weight excluding hydrogens is 234 g/mol. The minimum absolute atomic E-state index is 0.138. The van der Waals surface area contributed by atoms with Crippen molar-refractivity contribution in [3.8, 4) is 11.5 Å². The number of nitrogens with one attached hydrogen (secondary N) is 1. The quantitative estimate of drug-likeness (QED) is 0.744. The van der Waals surface area contributed by atoms with Gasteiger partial charge in [0, 0.05) is 6.54 Å². The van der Waals surface area contributed by atoms with Crippen molar-refractivity contribution in [1.29, 1.82) is 0 Å². The molecule has 0 bridgehead atoms. The topological polar surface area (TPSA) is 64.6 Å². The van der Waals surface area contributed by atoms with Gasteiger partial charge in [0.1, 0.15) is 0 Å². The van der Waals surface area contributed by atoms with Gasteiger partial charge in [-0.05, 0) is 18.6 Å². The number of para-hydroxylation sites is 1. The largest absolute Gasteiger partial charge is 0.493 e. The van der Waals surface area contributed by atoms with Crippen molar-refractivity contribution in [2.24, 2.45) is 0 Å². The highest BCUT2D eigenvalue weighted by Gasteiger charge is 2.11. The summed E-state index contributed by atoms with van der Waals surface area (Å²) in [6, 6.07) is 4.97. The van der Waals surface area contributed by atoms with Crippen molar-refractivity contribution in [3.05, 3.63) is 23.8 Å². The summed E-state index contributed by atoms with van der Waals surface area (Å²) in [7, 11) is 1.48. The Bertz CT molecular complexity index is 417. The van der Waals surface area contributed by atoms with Gasteiger partial charge in [-0.1, -0.05) is 13.0 Å². The molecule has 0 atom stereocenters. The van der Waals surface area contributed by atoms with Crippen LogP contribution in [0.1, 0.15) is 23.7 Å². The Morgan fingerprint density at radius 3 is 2.83 bits per heavy atom. The van der Waals surface area contributed by atoms with E-state index in [9.17, 15) is 9.59 Å². The summed E-state index contributed by atoms with van der Waals surface area (Å²) in [4.78, 5) is 22.3. The van der Waals surface area contributed by atoms with Crippen LogP contribution in [0.3, 0.4) is 0 Å². The molecule has 0 fully saturated rings. The Balaban J connectivity index is 2.71. The molecule has 0 saturated carbocycles. The lowest BCUT2D eigenvalue weighted by atomic mass is 10.2. The summed E-state index contributed by atoms with van der Waals surface area (Å²) in [5.41, 5.74) is 0.359. The number of aldehydes is 1. The molecule has 1 amide bonds. The number of hydrogen-bond donors (Lipinski definition) is 1. The zero-order valence-corrected chi connectivity index (χ0v) is 10.6. The van der Waals surface area contributed by atoms with Gasteiger partial charge >= 0.3 is 0 Å². The first-order valence-corrected chi connectivity index (χ1v) is 5.74. The molecule has 1 aromatic carbocycles. The van der Waals surface area contributed by atoms with Gasteiger partial charge in [0.2, 0.25) is 0 Å². The van der Waals surface area contributed by atoms with E-state index >= 15 is 0 Å². The van der Waals surface area contributed by atoms with E-state index in [-0.39, 0.29) is 12.5 Å². The fourth-order valence-electron chi connectivity index (χ4n) is 1.39. The smallest absolute Gasteiger partial charge is 0.257 e. The standard InChI is InChI=1S/C13H17NO4/c1-3-7-14-12(16)9-18-13-10(8-15)5-4-6-11(13)17-2/h4-6,8H,3,7,9H2,1-2H3,(H,14,16). The molecule has 0 saturated heterocycles. The van der Waals surface area contributed by atoms with Gasteiger partial charge in [-0.25, -0.2) is 0 Å². The molecule has 0 aliphatic rings. The molecule has 0 aliphatic heterocycles. The van der Waals surface area contributed by atoms with Crippen molar-refractivity contribution in [2.75, 3.05) is 20.3 Å². The third kappa shape index (κ3) is 3.76. The summed E-state index contributed by atoms with van der Waals surface area (Å²) in [5, 5.41) is 2.68. The van der Waals surface area contributed by atoms with E-state index in [1.165, 1.54) is 7.11 Å². The molecule has 98 valence electrons. The van der Waals surface area contributed by atoms with Crippen molar-refractivity contribution in [3.63, 3.8) is 0 Å². The molecule has 1 aromatic rings. The van der Waals surface area contributed by atoms with Crippen LogP contribution in [0.5, 0.6) is 11.5 Å². The van der Waals surface area contributed by atoms with Crippen LogP contribution in [0.15, 0.2) is 18.2 Å². The van der Waals surface area contributed by atoms with E-state index in [4.69, 9.17) is 9.47 Å². The Labute approximate surface area is 106 Å². The van der Waals surface area contributed by atoms with E-state index in [0.29, 0.717) is 29.9 Å². The predicted molar refractivity (Wildman–Crippen MR) is 67.2 cm³/mol. The lowest BCUT2D eigenvalue weighted by Crippen LogP contribution is -2.29. The highest BCUT2D eigenvalue weighted by molar-refractivity contribution is 5.82. The number of amides is 1. The van der Waals surface area contributed by atoms with Crippen LogP contribution < -0.4 is 14.8 Å². The number of carbonyl (C=O) groups is 2. The maximum absolute atomic E-state index is 11.4. The minimum atomic E-state index is -0.223. The van der Waals surface area contributed by atoms with Crippen LogP contribution in [0.4, 0.5) is 0 Å². The number of methoxy groups -OCH3 is 1. The number of rotatable bonds is 7. The van der Waals surface area contributed by atoms with Crippen LogP contribution >= 0.6 is 0 Å². The zero-order chi connectivity index (χ0) is 13.4. The number of benzene rings is 1. The van der Waals surface area contributed by atoms with E-state index < -0.39 is 0 Å². The molecular formula is C13H17NO4. The first-order chi connectivity index (χ1) is 8.72. The van der Waals surface area contributed by atoms with Gasteiger partial charge in [0.05, 0.1) is 12.7 Å². The summed E-state index contributed by atoms with van der Waals surface area (Å²) >= 11 is 0. The van der Waals surface area contributed by atoms with Gasteiger partial charge in [0.25, 0.3) is 5.91 Å². The second-order valence-electron chi connectivity index (χ2n) is 3.64. The molecule has 5 nitrogen and oxygen atoms in total. The van der Waals surface area contributed by atoms with E-state index in [1.54, 1.807) is 18.2 Å². The monoisotopic (exact) mass is 251 g/mol. The lowest BCUT2D eigenvalue weighted by Gasteiger charge is -2.12. The van der Waals surface area contributed by atoms with Crippen LogP contribution in [-0.2, 0) is 4.79 Å². The molecule has 5 heteroatoms. The average Bonchev–Trinajstić information content (AvgIpc) is 2.42. The predicted octanol–water partition coefficient (Wildman–Crippen LogP) is 1.41. The maximum atomic E-state index is 11.4. The minimum Gasteiger partial charge on any atom is -0.493 e. The van der Waals surface area contributed by atoms with Gasteiger partial charge in [0.15, 0.2) is 24.4 Å². The Morgan fingerprint density at radius 2 is 2.22 bits per heavy atom. The van der Waals surface area contributed by atoms with Crippen molar-refractivity contribution in [1.82, 2.24) is 5.32 Å². The van der Waals surface area contributed by atoms with Crippen LogP contribution in [0.2, 0.25) is 0 Å². The van der Waals surface area contributed by atoms with Crippen LogP contribution in [0, 0.1) is 0 Å². The Hall–Kier alpha value is -2.04. The fraction of sp³-hybridized carbons (Fsp3) is 0.385. The Morgan fingerprint density at radius 1 is 1.44 bits per heavy atom. The van der Waals surface area contributed by atoms with E-state index in [0.717, 1.165) is 6.42 Å². The third-order valence-corrected chi connectivity index (χ3v) is 2.28. The SMILES string of the molecule is CCCNC(=O)COc1c(C=O)cccc1OC. The fourth-order valence-corrected chi connectivity index (χ4v) is 1.39. The highest BCUT2D eigenvalue weighted by atomic mass is 16.5. The van der Waals surface area contributed by atoms with Gasteiger partial charge < -0.3 is 14.8 Å². The van der Waals surface area contributed by atoms with Crippen molar-refractivity contribution < 1.29 is 19.1 Å². The summed E-state index contributed by atoms with van der Waals surface area (Å²) in [6.45, 7) is 2.43. The molecule has 0 aliphatic carbocycles. The molecule has 0 radical (unpaired) electrons. The summed E-state index contributed by atoms with van der Waals surface area (Å²) < 4.78 is 10.4. The second-order valence-corrected chi connectivity index (χ2v) is 3.64. The average molecular weight is 251 g/mol. The molecule has 0 unspecified atom stereocenters.